The van der Waals surface area contributed by atoms with Crippen LogP contribution in [0.1, 0.15) is 17.5 Å². The number of benzene rings is 2. The van der Waals surface area contributed by atoms with Crippen molar-refractivity contribution in [3.05, 3.63) is 64.5 Å². The van der Waals surface area contributed by atoms with Gasteiger partial charge in [-0.1, -0.05) is 23.7 Å². The average molecular weight is 574 g/mol. The molecule has 4 rings (SSSR count). The number of nitrogens with zero attached hydrogens (tertiary/aromatic N) is 2. The number of carbonyl (C=O) groups is 1. The highest BCUT2D eigenvalue weighted by molar-refractivity contribution is 7.92. The molecule has 1 fully saturated rings. The summed E-state index contributed by atoms with van der Waals surface area (Å²) in [5, 5.41) is 2.87. The topological polar surface area (TPSA) is 138 Å². The molecule has 0 spiro atoms. The van der Waals surface area contributed by atoms with E-state index in [9.17, 15) is 26.0 Å². The third-order valence-electron chi connectivity index (χ3n) is 5.35. The van der Waals surface area contributed by atoms with Crippen molar-refractivity contribution in [3.8, 4) is 10.4 Å². The number of carbonyl (C=O) groups excluding carboxylic acids is 1. The number of halogens is 2. The number of rotatable bonds is 6. The van der Waals surface area contributed by atoms with Crippen LogP contribution in [0.25, 0.3) is 10.4 Å². The normalized spacial score (nSPS) is 20.1. The van der Waals surface area contributed by atoms with E-state index in [0.29, 0.717) is 10.7 Å². The van der Waals surface area contributed by atoms with Crippen LogP contribution in [0.2, 0.25) is 5.02 Å². The minimum absolute atomic E-state index is 0.0979. The van der Waals surface area contributed by atoms with E-state index in [0.717, 1.165) is 27.1 Å². The molecular formula is C21H21ClFN5O5S3. The number of aromatic nitrogens is 1. The summed E-state index contributed by atoms with van der Waals surface area (Å²) in [7, 11) is -6.11. The van der Waals surface area contributed by atoms with Gasteiger partial charge in [0.15, 0.2) is 0 Å². The second-order valence-electron chi connectivity index (χ2n) is 8.08. The minimum Gasteiger partial charge on any atom is -0.325 e. The Balaban J connectivity index is 1.53. The maximum absolute atomic E-state index is 13.4. The number of nitrogens with one attached hydrogen (secondary N) is 3. The lowest BCUT2D eigenvalue weighted by Gasteiger charge is -2.35. The molecule has 0 unspecified atom stereocenters. The van der Waals surface area contributed by atoms with Gasteiger partial charge in [-0.3, -0.25) is 9.52 Å². The Morgan fingerprint density at radius 1 is 1.22 bits per heavy atom. The van der Waals surface area contributed by atoms with Gasteiger partial charge in [-0.2, -0.15) is 17.4 Å². The minimum atomic E-state index is -4.00. The number of anilines is 2. The molecule has 3 aromatic rings. The van der Waals surface area contributed by atoms with Crippen molar-refractivity contribution in [2.45, 2.75) is 18.5 Å². The SMILES string of the molecule is CN1[C@H](C(=O)Nc2ccc(F)c(Cl)c2)C[C@H](c2ncc(-c3ccc(NS(C)(=O)=O)cc3)s2)NS1(=O)=O. The van der Waals surface area contributed by atoms with Gasteiger partial charge in [0.2, 0.25) is 15.9 Å². The van der Waals surface area contributed by atoms with Gasteiger partial charge < -0.3 is 5.32 Å². The first-order chi connectivity index (χ1) is 16.8. The van der Waals surface area contributed by atoms with Gasteiger partial charge in [-0.15, -0.1) is 11.3 Å². The van der Waals surface area contributed by atoms with Gasteiger partial charge in [-0.25, -0.2) is 17.8 Å². The van der Waals surface area contributed by atoms with Crippen LogP contribution in [0.5, 0.6) is 0 Å². The Hall–Kier alpha value is -2.62. The van der Waals surface area contributed by atoms with Gasteiger partial charge in [0.05, 0.1) is 22.2 Å². The van der Waals surface area contributed by atoms with E-state index in [1.807, 2.05) is 0 Å². The highest BCUT2D eigenvalue weighted by Crippen LogP contribution is 2.35. The molecule has 0 saturated carbocycles. The number of thiazole rings is 1. The van der Waals surface area contributed by atoms with E-state index in [1.165, 1.54) is 30.5 Å². The van der Waals surface area contributed by atoms with Crippen LogP contribution in [-0.2, 0) is 25.0 Å². The molecule has 1 amide bonds. The van der Waals surface area contributed by atoms with E-state index < -0.39 is 44.0 Å². The summed E-state index contributed by atoms with van der Waals surface area (Å²) in [5.41, 5.74) is 1.40. The number of likely N-dealkylation sites (N-methyl/N-ethyl adjacent to an activating group) is 1. The monoisotopic (exact) mass is 573 g/mol. The smallest absolute Gasteiger partial charge is 0.280 e. The van der Waals surface area contributed by atoms with Gasteiger partial charge in [0.1, 0.15) is 16.9 Å². The van der Waals surface area contributed by atoms with Crippen LogP contribution in [0.4, 0.5) is 15.8 Å². The Bertz CT molecular complexity index is 1510. The second-order valence-corrected chi connectivity index (χ2v) is 13.1. The Labute approximate surface area is 216 Å². The highest BCUT2D eigenvalue weighted by atomic mass is 35.5. The summed E-state index contributed by atoms with van der Waals surface area (Å²) >= 11 is 7.02. The molecule has 15 heteroatoms. The van der Waals surface area contributed by atoms with E-state index in [2.05, 4.69) is 19.7 Å². The molecule has 2 atom stereocenters. The van der Waals surface area contributed by atoms with Gasteiger partial charge >= 0.3 is 0 Å². The molecule has 1 aliphatic rings. The largest absolute Gasteiger partial charge is 0.325 e. The molecule has 2 heterocycles. The van der Waals surface area contributed by atoms with Crippen LogP contribution >= 0.6 is 22.9 Å². The predicted molar refractivity (Wildman–Crippen MR) is 137 cm³/mol. The summed E-state index contributed by atoms with van der Waals surface area (Å²) in [6, 6.07) is 8.50. The number of hydrogen-bond donors (Lipinski definition) is 3. The summed E-state index contributed by atoms with van der Waals surface area (Å²) in [6.07, 6.45) is 2.74. The average Bonchev–Trinajstić information content (AvgIpc) is 3.28. The lowest BCUT2D eigenvalue weighted by molar-refractivity contribution is -0.120. The fraction of sp³-hybridized carbons (Fsp3) is 0.238. The van der Waals surface area contributed by atoms with Gasteiger partial charge in [-0.05, 0) is 42.3 Å². The molecule has 192 valence electrons. The molecule has 0 bridgehead atoms. The van der Waals surface area contributed by atoms with Crippen molar-refractivity contribution < 1.29 is 26.0 Å². The standard InChI is InChI=1S/C21H21ClFN5O5S3/c1-28-18(20(29)25-14-7-8-16(23)15(22)9-14)10-17(27-36(28,32)33)21-24-11-19(34-21)12-3-5-13(6-4-12)26-35(2,30)31/h3-9,11,17-18,26-27H,10H2,1-2H3,(H,25,29)/t17-,18+/m1/s1. The zero-order valence-corrected chi connectivity index (χ0v) is 22.1. The van der Waals surface area contributed by atoms with Crippen molar-refractivity contribution in [1.29, 1.82) is 0 Å². The van der Waals surface area contributed by atoms with Crippen LogP contribution in [0.15, 0.2) is 48.7 Å². The molecule has 0 radical (unpaired) electrons. The van der Waals surface area contributed by atoms with Crippen molar-refractivity contribution in [1.82, 2.24) is 14.0 Å². The molecule has 1 saturated heterocycles. The second kappa shape index (κ2) is 10.0. The van der Waals surface area contributed by atoms with Crippen molar-refractivity contribution in [2.24, 2.45) is 0 Å². The van der Waals surface area contributed by atoms with Crippen LogP contribution in [-0.4, -0.2) is 51.4 Å². The van der Waals surface area contributed by atoms with E-state index in [1.54, 1.807) is 30.5 Å². The van der Waals surface area contributed by atoms with Crippen LogP contribution < -0.4 is 14.8 Å². The first-order valence-electron chi connectivity index (χ1n) is 10.4. The zero-order chi connectivity index (χ0) is 26.3. The summed E-state index contributed by atoms with van der Waals surface area (Å²) < 4.78 is 67.6. The van der Waals surface area contributed by atoms with E-state index >= 15 is 0 Å². The third-order valence-corrected chi connectivity index (χ3v) is 9.00. The first-order valence-corrected chi connectivity index (χ1v) is 14.9. The zero-order valence-electron chi connectivity index (χ0n) is 18.9. The third kappa shape index (κ3) is 6.02. The summed E-state index contributed by atoms with van der Waals surface area (Å²) in [6.45, 7) is 0. The van der Waals surface area contributed by atoms with Crippen molar-refractivity contribution in [3.63, 3.8) is 0 Å². The Morgan fingerprint density at radius 2 is 1.89 bits per heavy atom. The van der Waals surface area contributed by atoms with Gasteiger partial charge in [0, 0.05) is 24.6 Å². The number of sulfonamides is 1. The van der Waals surface area contributed by atoms with Crippen molar-refractivity contribution >= 4 is 60.5 Å². The maximum Gasteiger partial charge on any atom is 0.280 e. The predicted octanol–water partition coefficient (Wildman–Crippen LogP) is 3.19. The molecule has 36 heavy (non-hydrogen) atoms. The quantitative estimate of drug-likeness (QED) is 0.414. The highest BCUT2D eigenvalue weighted by Gasteiger charge is 2.41. The Kier molecular flexibility index (Phi) is 7.37. The fourth-order valence-electron chi connectivity index (χ4n) is 3.57. The Morgan fingerprint density at radius 3 is 2.53 bits per heavy atom. The lowest BCUT2D eigenvalue weighted by Crippen LogP contribution is -2.55. The molecule has 3 N–H and O–H groups in total. The molecule has 1 aliphatic heterocycles. The summed E-state index contributed by atoms with van der Waals surface area (Å²) in [4.78, 5) is 18.0. The maximum atomic E-state index is 13.4. The molecule has 10 nitrogen and oxygen atoms in total. The van der Waals surface area contributed by atoms with Crippen molar-refractivity contribution in [2.75, 3.05) is 23.3 Å². The number of amides is 1. The van der Waals surface area contributed by atoms with E-state index in [-0.39, 0.29) is 17.1 Å². The molecule has 1 aromatic heterocycles. The fourth-order valence-corrected chi connectivity index (χ4v) is 6.63. The molecule has 2 aromatic carbocycles. The van der Waals surface area contributed by atoms with Crippen LogP contribution in [0.3, 0.4) is 0 Å². The molecule has 0 aliphatic carbocycles. The lowest BCUT2D eigenvalue weighted by atomic mass is 10.1. The van der Waals surface area contributed by atoms with Crippen LogP contribution in [0, 0.1) is 5.82 Å². The molecular weight excluding hydrogens is 553 g/mol. The summed E-state index contributed by atoms with van der Waals surface area (Å²) in [5.74, 6) is -1.24. The van der Waals surface area contributed by atoms with E-state index in [4.69, 9.17) is 11.6 Å². The first kappa shape index (κ1) is 26.4. The number of hydrogen-bond acceptors (Lipinski definition) is 7. The van der Waals surface area contributed by atoms with Gasteiger partial charge in [0.25, 0.3) is 10.2 Å².